The molecule has 0 amide bonds. The van der Waals surface area contributed by atoms with Crippen LogP contribution in [0, 0.1) is 0 Å². The molecule has 1 aromatic rings. The number of nitrogens with two attached hydrogens (primary N) is 1. The second kappa shape index (κ2) is 6.81. The molecule has 0 spiro atoms. The van der Waals surface area contributed by atoms with Crippen LogP contribution in [-0.2, 0) is 13.8 Å². The fourth-order valence-corrected chi connectivity index (χ4v) is 2.22. The molecule has 1 unspecified atom stereocenters. The summed E-state index contributed by atoms with van der Waals surface area (Å²) in [4.78, 5) is 34.1. The number of quaternary nitrogens is 1. The highest BCUT2D eigenvalue weighted by atomic mass is 31.2. The van der Waals surface area contributed by atoms with E-state index in [-0.39, 0.29) is 12.0 Å². The van der Waals surface area contributed by atoms with Crippen molar-refractivity contribution < 1.29 is 33.8 Å². The van der Waals surface area contributed by atoms with Crippen molar-refractivity contribution in [3.63, 3.8) is 0 Å². The van der Waals surface area contributed by atoms with E-state index in [0.29, 0.717) is 0 Å². The van der Waals surface area contributed by atoms with Gasteiger partial charge in [0.25, 0.3) is 7.82 Å². The summed E-state index contributed by atoms with van der Waals surface area (Å²) in [6, 6.07) is 1.28. The average Bonchev–Trinajstić information content (AvgIpc) is 2.64. The molecule has 1 aliphatic rings. The van der Waals surface area contributed by atoms with Crippen LogP contribution in [0.4, 0.5) is 5.82 Å². The molecule has 5 atom stereocenters. The molecule has 2 rings (SSSR count). The Balaban J connectivity index is 0.00000242. The van der Waals surface area contributed by atoms with Gasteiger partial charge in [-0.1, -0.05) is 0 Å². The highest BCUT2D eigenvalue weighted by Gasteiger charge is 2.44. The lowest BCUT2D eigenvalue weighted by Crippen LogP contribution is -2.36. The third kappa shape index (κ3) is 4.09. The molecular formula is C9H17N4O8P. The summed E-state index contributed by atoms with van der Waals surface area (Å²) in [6.07, 6.45) is -4.39. The zero-order valence-electron chi connectivity index (χ0n) is 11.5. The Morgan fingerprint density at radius 2 is 2.14 bits per heavy atom. The lowest BCUT2D eigenvalue weighted by molar-refractivity contribution is -0.222. The fraction of sp³-hybridized carbons (Fsp3) is 0.556. The summed E-state index contributed by atoms with van der Waals surface area (Å²) >= 11 is 0. The van der Waals surface area contributed by atoms with Crippen LogP contribution < -0.4 is 22.5 Å². The Morgan fingerprint density at radius 3 is 2.68 bits per heavy atom. The van der Waals surface area contributed by atoms with Gasteiger partial charge in [0.15, 0.2) is 6.23 Å². The highest BCUT2D eigenvalue weighted by Crippen LogP contribution is 2.34. The van der Waals surface area contributed by atoms with E-state index < -0.39 is 44.7 Å². The predicted molar refractivity (Wildman–Crippen MR) is 70.6 cm³/mol. The van der Waals surface area contributed by atoms with Crippen LogP contribution in [0.15, 0.2) is 17.1 Å². The maximum Gasteiger partial charge on any atom is 0.351 e. The molecule has 2 heterocycles. The van der Waals surface area contributed by atoms with Gasteiger partial charge in [0.1, 0.15) is 24.1 Å². The second-order valence-corrected chi connectivity index (χ2v) is 5.55. The molecule has 0 radical (unpaired) electrons. The number of phosphoric acid groups is 1. The van der Waals surface area contributed by atoms with Gasteiger partial charge in [-0.25, -0.2) is 4.79 Å². The van der Waals surface area contributed by atoms with Gasteiger partial charge in [-0.15, -0.1) is 0 Å². The normalized spacial score (nSPS) is 30.5. The number of aliphatic hydroxyl groups excluding tert-OH is 2. The molecule has 0 saturated carbocycles. The molecule has 1 aliphatic heterocycles. The van der Waals surface area contributed by atoms with Gasteiger partial charge in [-0.3, -0.25) is 9.13 Å². The summed E-state index contributed by atoms with van der Waals surface area (Å²) < 4.78 is 20.7. The zero-order chi connectivity index (χ0) is 15.8. The quantitative estimate of drug-likeness (QED) is 0.357. The first-order valence-corrected chi connectivity index (χ1v) is 7.23. The first-order valence-electron chi connectivity index (χ1n) is 5.73. The molecule has 22 heavy (non-hydrogen) atoms. The summed E-state index contributed by atoms with van der Waals surface area (Å²) in [6.45, 7) is -0.719. The number of anilines is 1. The van der Waals surface area contributed by atoms with Gasteiger partial charge < -0.3 is 41.1 Å². The highest BCUT2D eigenvalue weighted by molar-refractivity contribution is 7.44. The van der Waals surface area contributed by atoms with E-state index in [1.807, 2.05) is 0 Å². The molecule has 126 valence electrons. The number of ether oxygens (including phenoxy) is 1. The molecule has 9 N–H and O–H groups in total. The van der Waals surface area contributed by atoms with Crippen LogP contribution in [0.3, 0.4) is 0 Å². The number of rotatable bonds is 4. The van der Waals surface area contributed by atoms with E-state index in [9.17, 15) is 24.5 Å². The Hall–Kier alpha value is -1.37. The van der Waals surface area contributed by atoms with Crippen molar-refractivity contribution in [1.29, 1.82) is 0 Å². The van der Waals surface area contributed by atoms with Crippen LogP contribution in [0.5, 0.6) is 0 Å². The van der Waals surface area contributed by atoms with Crippen molar-refractivity contribution in [2.45, 2.75) is 24.5 Å². The van der Waals surface area contributed by atoms with Crippen LogP contribution in [0.1, 0.15) is 6.23 Å². The van der Waals surface area contributed by atoms with Crippen molar-refractivity contribution >= 4 is 13.6 Å². The van der Waals surface area contributed by atoms with E-state index >= 15 is 0 Å². The van der Waals surface area contributed by atoms with E-state index in [4.69, 9.17) is 15.4 Å². The summed E-state index contributed by atoms with van der Waals surface area (Å²) in [7, 11) is -4.99. The summed E-state index contributed by atoms with van der Waals surface area (Å²) in [5.41, 5.74) is 4.50. The minimum absolute atomic E-state index is 0. The SMILES string of the molecule is Nc1ccn([C@@H]2O[C@H](COP(=O)([O-])O)[C@@H](O)[C@H]2O)c(=O)n1.[NH4+]. The van der Waals surface area contributed by atoms with Gasteiger partial charge in [0, 0.05) is 6.20 Å². The van der Waals surface area contributed by atoms with Crippen LogP contribution in [0.25, 0.3) is 0 Å². The first kappa shape index (κ1) is 18.7. The number of hydrogen-bond acceptors (Lipinski definition) is 9. The van der Waals surface area contributed by atoms with Crippen molar-refractivity contribution in [3.05, 3.63) is 22.7 Å². The van der Waals surface area contributed by atoms with E-state index in [1.54, 1.807) is 0 Å². The predicted octanol–water partition coefficient (Wildman–Crippen LogP) is -2.70. The molecule has 0 aliphatic carbocycles. The Labute approximate surface area is 123 Å². The van der Waals surface area contributed by atoms with Crippen molar-refractivity contribution in [2.24, 2.45) is 0 Å². The fourth-order valence-electron chi connectivity index (χ4n) is 1.88. The third-order valence-electron chi connectivity index (χ3n) is 2.86. The lowest BCUT2D eigenvalue weighted by atomic mass is 10.1. The number of aliphatic hydroxyl groups is 2. The van der Waals surface area contributed by atoms with Crippen LogP contribution >= 0.6 is 7.82 Å². The van der Waals surface area contributed by atoms with Crippen molar-refractivity contribution in [2.75, 3.05) is 12.3 Å². The number of nitrogen functional groups attached to an aromatic ring is 1. The number of nitrogens with zero attached hydrogens (tertiary/aromatic N) is 2. The van der Waals surface area contributed by atoms with Gasteiger partial charge in [-0.05, 0) is 6.07 Å². The number of hydrogen-bond donors (Lipinski definition) is 5. The van der Waals surface area contributed by atoms with Crippen LogP contribution in [0.2, 0.25) is 0 Å². The Bertz CT molecular complexity index is 618. The Morgan fingerprint density at radius 1 is 1.50 bits per heavy atom. The molecule has 12 nitrogen and oxygen atoms in total. The molecule has 0 aromatic carbocycles. The zero-order valence-corrected chi connectivity index (χ0v) is 12.4. The topological polar surface area (TPSA) is 217 Å². The van der Waals surface area contributed by atoms with E-state index in [1.165, 1.54) is 12.3 Å². The molecule has 1 aromatic heterocycles. The summed E-state index contributed by atoms with van der Waals surface area (Å²) in [5.74, 6) is -0.0308. The minimum Gasteiger partial charge on any atom is -0.756 e. The van der Waals surface area contributed by atoms with Gasteiger partial charge >= 0.3 is 5.69 Å². The molecule has 0 bridgehead atoms. The van der Waals surface area contributed by atoms with E-state index in [2.05, 4.69) is 9.51 Å². The minimum atomic E-state index is -4.99. The second-order valence-electron chi connectivity index (χ2n) is 4.35. The van der Waals surface area contributed by atoms with Crippen LogP contribution in [-0.4, -0.2) is 49.6 Å². The Kier molecular flexibility index (Phi) is 5.78. The van der Waals surface area contributed by atoms with E-state index in [0.717, 1.165) is 4.57 Å². The molecule has 1 saturated heterocycles. The maximum absolute atomic E-state index is 11.6. The number of phosphoric ester groups is 1. The largest absolute Gasteiger partial charge is 0.756 e. The average molecular weight is 340 g/mol. The summed E-state index contributed by atoms with van der Waals surface area (Å²) in [5, 5.41) is 19.6. The van der Waals surface area contributed by atoms with Crippen molar-refractivity contribution in [1.82, 2.24) is 15.7 Å². The standard InChI is InChI=1S/C9H14N3O8P.H3N/c10-5-1-2-12(9(15)11-5)8-7(14)6(13)4(20-8)3-19-21(16,17)18;/h1-2,4,6-8,13-14H,3H2,(H2,10,11,15)(H2,16,17,18);1H3/t4-,6-,7-,8-;/m1./s1. The third-order valence-corrected chi connectivity index (χ3v) is 3.34. The molecule has 13 heteroatoms. The van der Waals surface area contributed by atoms with Gasteiger partial charge in [0.2, 0.25) is 0 Å². The smallest absolute Gasteiger partial charge is 0.351 e. The molecular weight excluding hydrogens is 323 g/mol. The van der Waals surface area contributed by atoms with Crippen molar-refractivity contribution in [3.8, 4) is 0 Å². The molecule has 1 fully saturated rings. The first-order chi connectivity index (χ1) is 9.69. The van der Waals surface area contributed by atoms with Gasteiger partial charge in [0.05, 0.1) is 6.61 Å². The number of aromatic nitrogens is 2. The monoisotopic (exact) mass is 340 g/mol. The maximum atomic E-state index is 11.6. The van der Waals surface area contributed by atoms with Gasteiger partial charge in [-0.2, -0.15) is 4.98 Å². The lowest BCUT2D eigenvalue weighted by Gasteiger charge is -2.20.